The minimum atomic E-state index is -0.306. The Morgan fingerprint density at radius 2 is 1.98 bits per heavy atom. The second-order valence-electron chi connectivity index (χ2n) is 10.00. The van der Waals surface area contributed by atoms with Gasteiger partial charge in [0.25, 0.3) is 0 Å². The first kappa shape index (κ1) is 26.5. The molecule has 1 aliphatic rings. The number of aromatic nitrogens is 8. The van der Waals surface area contributed by atoms with Gasteiger partial charge in [0.15, 0.2) is 5.65 Å². The highest BCUT2D eigenvalue weighted by Gasteiger charge is 2.36. The van der Waals surface area contributed by atoms with Gasteiger partial charge in [-0.25, -0.2) is 14.6 Å². The lowest BCUT2D eigenvalue weighted by Crippen LogP contribution is -2.45. The van der Waals surface area contributed by atoms with E-state index in [1.807, 2.05) is 43.8 Å². The summed E-state index contributed by atoms with van der Waals surface area (Å²) >= 11 is 6.75. The SMILES string of the molecule is CCOc1c(C(C)n2nc(C)c3c(N)ncnc32)cc(Cl)c(C#N)c1C1CN(c2ccc(-c3cnn(C)n3)nc2)C1. The number of aryl methyl sites for hydroxylation is 2. The Kier molecular flexibility index (Phi) is 6.67. The molecule has 5 aromatic rings. The monoisotopic (exact) mass is 569 g/mol. The minimum absolute atomic E-state index is 0.0320. The van der Waals surface area contributed by atoms with E-state index in [0.29, 0.717) is 52.9 Å². The maximum atomic E-state index is 10.1. The molecule has 1 aliphatic heterocycles. The van der Waals surface area contributed by atoms with Crippen LogP contribution in [0.4, 0.5) is 11.5 Å². The lowest BCUT2D eigenvalue weighted by molar-refractivity contribution is 0.323. The van der Waals surface area contributed by atoms with Crippen LogP contribution in [0.1, 0.15) is 48.2 Å². The standard InChI is InChI=1S/C28H28ClN11O/c1-5-41-26-19(16(3)40-28-24(15(2)36-40)27(31)33-14-34-28)8-21(29)20(9-30)25(26)17-12-39(13-17)18-6-7-22(32-10-18)23-11-35-38(4)37-23/h6-8,10-11,14,16-17H,5,12-13H2,1-4H3,(H2,31,33,34). The van der Waals surface area contributed by atoms with E-state index in [1.54, 1.807) is 19.3 Å². The van der Waals surface area contributed by atoms with Gasteiger partial charge in [-0.1, -0.05) is 11.6 Å². The molecule has 13 heteroatoms. The lowest BCUT2D eigenvalue weighted by Gasteiger charge is -2.42. The van der Waals surface area contributed by atoms with Gasteiger partial charge < -0.3 is 15.4 Å². The van der Waals surface area contributed by atoms with Crippen LogP contribution in [-0.4, -0.2) is 59.4 Å². The highest BCUT2D eigenvalue weighted by molar-refractivity contribution is 6.32. The number of nitrogen functional groups attached to an aromatic ring is 1. The topological polar surface area (TPSA) is 149 Å². The van der Waals surface area contributed by atoms with E-state index in [0.717, 1.165) is 33.9 Å². The van der Waals surface area contributed by atoms with Gasteiger partial charge >= 0.3 is 0 Å². The van der Waals surface area contributed by atoms with Crippen molar-refractivity contribution in [3.05, 3.63) is 64.3 Å². The number of halogens is 1. The molecule has 0 aliphatic carbocycles. The van der Waals surface area contributed by atoms with Gasteiger partial charge in [0.1, 0.15) is 29.7 Å². The summed E-state index contributed by atoms with van der Waals surface area (Å²) in [6.45, 7) is 7.61. The van der Waals surface area contributed by atoms with Gasteiger partial charge in [-0.3, -0.25) is 4.98 Å². The molecule has 41 heavy (non-hydrogen) atoms. The fraction of sp³-hybridized carbons (Fsp3) is 0.321. The quantitative estimate of drug-likeness (QED) is 0.304. The minimum Gasteiger partial charge on any atom is -0.493 e. The van der Waals surface area contributed by atoms with Gasteiger partial charge in [0, 0.05) is 37.2 Å². The third kappa shape index (κ3) is 4.48. The van der Waals surface area contributed by atoms with Crippen LogP contribution < -0.4 is 15.4 Å². The van der Waals surface area contributed by atoms with Crippen LogP contribution in [0.2, 0.25) is 5.02 Å². The first-order valence-electron chi connectivity index (χ1n) is 13.2. The molecule has 1 saturated heterocycles. The summed E-state index contributed by atoms with van der Waals surface area (Å²) in [6, 6.07) is 7.78. The Labute approximate surface area is 241 Å². The molecule has 1 fully saturated rings. The number of nitrogens with zero attached hydrogens (tertiary/aromatic N) is 10. The smallest absolute Gasteiger partial charge is 0.164 e. The van der Waals surface area contributed by atoms with Crippen molar-refractivity contribution in [1.82, 2.24) is 39.7 Å². The molecule has 5 heterocycles. The zero-order valence-electron chi connectivity index (χ0n) is 23.1. The molecule has 1 unspecified atom stereocenters. The molecule has 6 rings (SSSR count). The number of nitriles is 1. The number of nitrogens with two attached hydrogens (primary N) is 1. The molecule has 1 atom stereocenters. The Hall–Kier alpha value is -4.76. The van der Waals surface area contributed by atoms with E-state index in [2.05, 4.69) is 36.1 Å². The summed E-state index contributed by atoms with van der Waals surface area (Å²) < 4.78 is 8.07. The van der Waals surface area contributed by atoms with Gasteiger partial charge in [0.05, 0.1) is 58.1 Å². The van der Waals surface area contributed by atoms with Crippen LogP contribution in [0.3, 0.4) is 0 Å². The highest BCUT2D eigenvalue weighted by atomic mass is 35.5. The number of hydrogen-bond acceptors (Lipinski definition) is 10. The summed E-state index contributed by atoms with van der Waals surface area (Å²) in [5.74, 6) is 1.07. The zero-order chi connectivity index (χ0) is 28.8. The van der Waals surface area contributed by atoms with E-state index in [9.17, 15) is 5.26 Å². The molecule has 2 N–H and O–H groups in total. The second-order valence-corrected chi connectivity index (χ2v) is 10.4. The molecule has 0 bridgehead atoms. The first-order valence-corrected chi connectivity index (χ1v) is 13.6. The van der Waals surface area contributed by atoms with E-state index in [1.165, 1.54) is 11.1 Å². The second kappa shape index (κ2) is 10.3. The molecule has 0 amide bonds. The van der Waals surface area contributed by atoms with Crippen LogP contribution in [-0.2, 0) is 7.05 Å². The maximum Gasteiger partial charge on any atom is 0.164 e. The van der Waals surface area contributed by atoms with Crippen molar-refractivity contribution in [2.45, 2.75) is 32.7 Å². The fourth-order valence-electron chi connectivity index (χ4n) is 5.42. The lowest BCUT2D eigenvalue weighted by atomic mass is 9.84. The summed E-state index contributed by atoms with van der Waals surface area (Å²) in [7, 11) is 1.77. The predicted molar refractivity (Wildman–Crippen MR) is 155 cm³/mol. The normalized spacial score (nSPS) is 14.2. The Morgan fingerprint density at radius 1 is 1.17 bits per heavy atom. The van der Waals surface area contributed by atoms with Crippen LogP contribution in [0, 0.1) is 18.3 Å². The predicted octanol–water partition coefficient (Wildman–Crippen LogP) is 4.04. The van der Waals surface area contributed by atoms with Gasteiger partial charge in [-0.05, 0) is 39.0 Å². The Bertz CT molecular complexity index is 1800. The molecule has 0 radical (unpaired) electrons. The first-order chi connectivity index (χ1) is 19.8. The van der Waals surface area contributed by atoms with E-state index in [-0.39, 0.29) is 12.0 Å². The number of benzene rings is 1. The van der Waals surface area contributed by atoms with E-state index >= 15 is 0 Å². The van der Waals surface area contributed by atoms with Crippen molar-refractivity contribution in [3.63, 3.8) is 0 Å². The molecule has 12 nitrogen and oxygen atoms in total. The molecule has 208 valence electrons. The third-order valence-corrected chi connectivity index (χ3v) is 7.77. The Morgan fingerprint density at radius 3 is 2.63 bits per heavy atom. The molecule has 1 aromatic carbocycles. The number of anilines is 2. The van der Waals surface area contributed by atoms with E-state index in [4.69, 9.17) is 27.2 Å². The van der Waals surface area contributed by atoms with Crippen molar-refractivity contribution in [2.75, 3.05) is 30.3 Å². The highest BCUT2D eigenvalue weighted by Crippen LogP contribution is 2.45. The van der Waals surface area contributed by atoms with Gasteiger partial charge in [-0.15, -0.1) is 0 Å². The van der Waals surface area contributed by atoms with Crippen molar-refractivity contribution < 1.29 is 4.74 Å². The Balaban J connectivity index is 1.34. The maximum absolute atomic E-state index is 10.1. The molecule has 4 aromatic heterocycles. The van der Waals surface area contributed by atoms with Gasteiger partial charge in [0.2, 0.25) is 0 Å². The number of rotatable bonds is 7. The molecule has 0 spiro atoms. The van der Waals surface area contributed by atoms with Crippen molar-refractivity contribution in [3.8, 4) is 23.2 Å². The molecular formula is C28H28ClN11O. The van der Waals surface area contributed by atoms with Crippen LogP contribution >= 0.6 is 11.6 Å². The zero-order valence-corrected chi connectivity index (χ0v) is 23.8. The van der Waals surface area contributed by atoms with E-state index < -0.39 is 0 Å². The number of fused-ring (bicyclic) bond motifs is 1. The third-order valence-electron chi connectivity index (χ3n) is 7.47. The molecule has 0 saturated carbocycles. The van der Waals surface area contributed by atoms with Gasteiger partial charge in [-0.2, -0.15) is 25.4 Å². The average Bonchev–Trinajstić information content (AvgIpc) is 3.53. The number of ether oxygens (including phenoxy) is 1. The average molecular weight is 570 g/mol. The summed E-state index contributed by atoms with van der Waals surface area (Å²) in [6.07, 6.45) is 4.95. The summed E-state index contributed by atoms with van der Waals surface area (Å²) in [4.78, 5) is 16.9. The summed E-state index contributed by atoms with van der Waals surface area (Å²) in [5.41, 5.74) is 12.0. The summed E-state index contributed by atoms with van der Waals surface area (Å²) in [5, 5.41) is 24.4. The van der Waals surface area contributed by atoms with Crippen LogP contribution in [0.25, 0.3) is 22.4 Å². The number of pyridine rings is 1. The largest absolute Gasteiger partial charge is 0.493 e. The molecular weight excluding hydrogens is 542 g/mol. The van der Waals surface area contributed by atoms with Crippen LogP contribution in [0.15, 0.2) is 36.9 Å². The van der Waals surface area contributed by atoms with Crippen molar-refractivity contribution in [2.24, 2.45) is 7.05 Å². The fourth-order valence-corrected chi connectivity index (χ4v) is 5.68. The van der Waals surface area contributed by atoms with Crippen molar-refractivity contribution in [1.29, 1.82) is 5.26 Å². The van der Waals surface area contributed by atoms with Crippen molar-refractivity contribution >= 4 is 34.1 Å². The number of hydrogen-bond donors (Lipinski definition) is 1. The van der Waals surface area contributed by atoms with Crippen LogP contribution in [0.5, 0.6) is 5.75 Å².